The molecule has 0 radical (unpaired) electrons. The van der Waals surface area contributed by atoms with Gasteiger partial charge in [-0.1, -0.05) is 30.3 Å². The fraction of sp³-hybridized carbons (Fsp3) is 0.179. The van der Waals surface area contributed by atoms with Crippen LogP contribution in [0.15, 0.2) is 102 Å². The smallest absolute Gasteiger partial charge is 0.336 e. The number of carbonyl (C=O) groups is 1. The van der Waals surface area contributed by atoms with Crippen molar-refractivity contribution in [3.63, 3.8) is 0 Å². The van der Waals surface area contributed by atoms with Gasteiger partial charge in [0.1, 0.15) is 0 Å². The highest BCUT2D eigenvalue weighted by Gasteiger charge is 2.34. The van der Waals surface area contributed by atoms with E-state index in [1.54, 1.807) is 41.4 Å². The summed E-state index contributed by atoms with van der Waals surface area (Å²) < 4.78 is 45.6. The van der Waals surface area contributed by atoms with E-state index in [9.17, 15) is 22.8 Å². The Morgan fingerprint density at radius 2 is 1.46 bits per heavy atom. The largest absolute Gasteiger partial charge is 0.417 e. The second-order valence-corrected chi connectivity index (χ2v) is 12.8. The summed E-state index contributed by atoms with van der Waals surface area (Å²) in [5.74, 6) is -0.145. The molecule has 1 aliphatic heterocycles. The number of aryl methyl sites for hydroxylation is 1. The molecular formula is C39H31F3N6O2. The summed E-state index contributed by atoms with van der Waals surface area (Å²) in [6.07, 6.45) is -3.10. The van der Waals surface area contributed by atoms with Crippen LogP contribution in [0, 0.1) is 6.92 Å². The van der Waals surface area contributed by atoms with Gasteiger partial charge in [0, 0.05) is 71.5 Å². The second-order valence-electron chi connectivity index (χ2n) is 12.8. The summed E-state index contributed by atoms with van der Waals surface area (Å²) in [5, 5.41) is 9.51. The van der Waals surface area contributed by atoms with Crippen LogP contribution in [-0.2, 0) is 6.18 Å². The number of aromatic amines is 1. The quantitative estimate of drug-likeness (QED) is 0.196. The first-order valence-electron chi connectivity index (χ1n) is 16.2. The molecule has 8 rings (SSSR count). The number of piperazine rings is 1. The first-order chi connectivity index (χ1) is 24.0. The maximum absolute atomic E-state index is 14.8. The van der Waals surface area contributed by atoms with Crippen molar-refractivity contribution in [1.29, 1.82) is 0 Å². The minimum Gasteiger partial charge on any atom is -0.336 e. The van der Waals surface area contributed by atoms with Crippen molar-refractivity contribution in [3.05, 3.63) is 124 Å². The number of benzene rings is 4. The molecule has 4 aromatic carbocycles. The van der Waals surface area contributed by atoms with E-state index in [0.29, 0.717) is 46.0 Å². The van der Waals surface area contributed by atoms with Gasteiger partial charge in [-0.05, 0) is 90.8 Å². The zero-order valence-electron chi connectivity index (χ0n) is 27.3. The number of nitrogens with zero attached hydrogens (tertiary/aromatic N) is 5. The van der Waals surface area contributed by atoms with Crippen LogP contribution in [0.5, 0.6) is 0 Å². The lowest BCUT2D eigenvalue weighted by Gasteiger charge is -2.32. The van der Waals surface area contributed by atoms with Crippen molar-refractivity contribution in [2.75, 3.05) is 33.2 Å². The molecular weight excluding hydrogens is 641 g/mol. The van der Waals surface area contributed by atoms with Gasteiger partial charge in [0.15, 0.2) is 0 Å². The van der Waals surface area contributed by atoms with Crippen molar-refractivity contribution in [2.45, 2.75) is 13.1 Å². The third-order valence-electron chi connectivity index (χ3n) is 9.60. The third-order valence-corrected chi connectivity index (χ3v) is 9.60. The van der Waals surface area contributed by atoms with Crippen molar-refractivity contribution in [2.24, 2.45) is 0 Å². The Bertz CT molecular complexity index is 2510. The molecule has 0 saturated carbocycles. The Morgan fingerprint density at radius 1 is 0.780 bits per heavy atom. The van der Waals surface area contributed by atoms with Crippen LogP contribution in [0.4, 0.5) is 13.2 Å². The van der Waals surface area contributed by atoms with Crippen LogP contribution in [0.3, 0.4) is 0 Å². The molecule has 8 nitrogen and oxygen atoms in total. The molecule has 50 heavy (non-hydrogen) atoms. The van der Waals surface area contributed by atoms with Crippen molar-refractivity contribution in [3.8, 4) is 27.9 Å². The lowest BCUT2D eigenvalue weighted by Crippen LogP contribution is -2.47. The van der Waals surface area contributed by atoms with E-state index in [-0.39, 0.29) is 17.2 Å². The number of aromatic nitrogens is 4. The number of rotatable bonds is 4. The predicted octanol–water partition coefficient (Wildman–Crippen LogP) is 7.46. The molecule has 1 fully saturated rings. The van der Waals surface area contributed by atoms with Crippen LogP contribution in [0.2, 0.25) is 0 Å². The number of amides is 1. The molecule has 4 heterocycles. The highest BCUT2D eigenvalue weighted by molar-refractivity contribution is 6.05. The summed E-state index contributed by atoms with van der Waals surface area (Å²) in [4.78, 5) is 35.1. The van der Waals surface area contributed by atoms with Gasteiger partial charge < -0.3 is 9.80 Å². The molecule has 0 bridgehead atoms. The molecule has 0 unspecified atom stereocenters. The lowest BCUT2D eigenvalue weighted by molar-refractivity contribution is -0.137. The molecule has 1 amide bonds. The van der Waals surface area contributed by atoms with Gasteiger partial charge >= 0.3 is 6.18 Å². The van der Waals surface area contributed by atoms with Crippen LogP contribution in [-0.4, -0.2) is 68.7 Å². The average molecular weight is 673 g/mol. The Hall–Kier alpha value is -5.81. The first kappa shape index (κ1) is 31.5. The van der Waals surface area contributed by atoms with Gasteiger partial charge in [-0.25, -0.2) is 0 Å². The van der Waals surface area contributed by atoms with E-state index >= 15 is 0 Å². The number of likely N-dealkylation sites (N-methyl/N-ethyl adjacent to an activating group) is 1. The Labute approximate surface area is 284 Å². The van der Waals surface area contributed by atoms with Gasteiger partial charge in [-0.3, -0.25) is 24.2 Å². The average Bonchev–Trinajstić information content (AvgIpc) is 3.50. The summed E-state index contributed by atoms with van der Waals surface area (Å²) in [6.45, 7) is 4.66. The fourth-order valence-corrected chi connectivity index (χ4v) is 6.81. The van der Waals surface area contributed by atoms with Crippen LogP contribution < -0.4 is 5.56 Å². The predicted molar refractivity (Wildman–Crippen MR) is 189 cm³/mol. The number of halogens is 3. The van der Waals surface area contributed by atoms with Crippen molar-refractivity contribution < 1.29 is 18.0 Å². The van der Waals surface area contributed by atoms with Crippen LogP contribution >= 0.6 is 0 Å². The molecule has 11 heteroatoms. The Morgan fingerprint density at radius 3 is 2.18 bits per heavy atom. The SMILES string of the molecule is Cc1[nH]nc2ccc(-c3ccc4ncc5ccc(=O)n(-c6ccc(-c7ccc(C(=O)N8CCN(C)CC8)cc7)c(C(F)(F)F)c6)c5c4c3)cc12. The molecule has 1 saturated heterocycles. The normalized spacial score (nSPS) is 14.2. The highest BCUT2D eigenvalue weighted by Crippen LogP contribution is 2.39. The minimum atomic E-state index is -4.73. The molecule has 0 atom stereocenters. The number of nitrogens with one attached hydrogen (secondary N) is 1. The molecule has 3 aromatic heterocycles. The van der Waals surface area contributed by atoms with E-state index in [2.05, 4.69) is 20.1 Å². The van der Waals surface area contributed by atoms with Gasteiger partial charge in [-0.15, -0.1) is 0 Å². The Balaban J connectivity index is 1.23. The molecule has 1 N–H and O–H groups in total. The van der Waals surface area contributed by atoms with Crippen LogP contribution in [0.1, 0.15) is 21.6 Å². The van der Waals surface area contributed by atoms with Crippen LogP contribution in [0.25, 0.3) is 60.6 Å². The van der Waals surface area contributed by atoms with Gasteiger partial charge in [0.05, 0.1) is 22.1 Å². The number of carbonyl (C=O) groups excluding carboxylic acids is 1. The number of fused-ring (bicyclic) bond motifs is 4. The van der Waals surface area contributed by atoms with E-state index in [4.69, 9.17) is 0 Å². The van der Waals surface area contributed by atoms with Gasteiger partial charge in [0.25, 0.3) is 11.5 Å². The molecule has 250 valence electrons. The minimum absolute atomic E-state index is 0.0492. The first-order valence-corrected chi connectivity index (χ1v) is 16.2. The summed E-state index contributed by atoms with van der Waals surface area (Å²) in [7, 11) is 2.00. The van der Waals surface area contributed by atoms with E-state index in [0.717, 1.165) is 46.9 Å². The van der Waals surface area contributed by atoms with Gasteiger partial charge in [0.2, 0.25) is 0 Å². The standard InChI is InChI=1S/C39H31F3N6O2/c1-23-31-19-26(8-13-35(31)45-44-23)27-7-12-34-32(20-27)37-28(22-43-34)9-14-36(49)48(37)29-10-11-30(33(21-29)39(40,41)42)24-3-5-25(6-4-24)38(50)47-17-15-46(2)16-18-47/h3-14,19-22H,15-18H2,1-2H3,(H,44,45). The molecule has 0 aliphatic carbocycles. The van der Waals surface area contributed by atoms with E-state index in [1.165, 1.54) is 22.8 Å². The fourth-order valence-electron chi connectivity index (χ4n) is 6.81. The zero-order chi connectivity index (χ0) is 34.7. The van der Waals surface area contributed by atoms with Crippen molar-refractivity contribution in [1.82, 2.24) is 29.5 Å². The van der Waals surface area contributed by atoms with Gasteiger partial charge in [-0.2, -0.15) is 18.3 Å². The third kappa shape index (κ3) is 5.49. The maximum Gasteiger partial charge on any atom is 0.417 e. The summed E-state index contributed by atoms with van der Waals surface area (Å²) in [6, 6.07) is 24.8. The summed E-state index contributed by atoms with van der Waals surface area (Å²) in [5.41, 5.74) is 4.01. The maximum atomic E-state index is 14.8. The van der Waals surface area contributed by atoms with E-state index in [1.807, 2.05) is 50.4 Å². The number of hydrogen-bond donors (Lipinski definition) is 1. The van der Waals surface area contributed by atoms with Crippen molar-refractivity contribution >= 4 is 38.6 Å². The zero-order valence-corrected chi connectivity index (χ0v) is 27.3. The molecule has 7 aromatic rings. The molecule has 0 spiro atoms. The summed E-state index contributed by atoms with van der Waals surface area (Å²) >= 11 is 0. The van der Waals surface area contributed by atoms with E-state index < -0.39 is 17.3 Å². The number of pyridine rings is 2. The lowest BCUT2D eigenvalue weighted by atomic mass is 9.97. The Kier molecular flexibility index (Phi) is 7.52. The highest BCUT2D eigenvalue weighted by atomic mass is 19.4. The number of alkyl halides is 3. The number of hydrogen-bond acceptors (Lipinski definition) is 5. The monoisotopic (exact) mass is 672 g/mol. The number of H-pyrrole nitrogens is 1. The second kappa shape index (κ2) is 12.0. The molecule has 1 aliphatic rings. The topological polar surface area (TPSA) is 87.1 Å².